The summed E-state index contributed by atoms with van der Waals surface area (Å²) in [5.74, 6) is 0.932. The van der Waals surface area contributed by atoms with Crippen molar-refractivity contribution >= 4 is 43.7 Å². The summed E-state index contributed by atoms with van der Waals surface area (Å²) in [7, 11) is 0. The fraction of sp³-hybridized carbons (Fsp3) is 0.188. The Labute approximate surface area is 124 Å². The predicted octanol–water partition coefficient (Wildman–Crippen LogP) is 4.09. The molecule has 0 fully saturated rings. The number of aliphatic imine (C=N–C) groups is 1. The summed E-state index contributed by atoms with van der Waals surface area (Å²) in [6.45, 7) is 1.84. The molecule has 1 aliphatic rings. The molecule has 3 nitrogen and oxygen atoms in total. The number of hydrogen-bond donors (Lipinski definition) is 1. The Morgan fingerprint density at radius 1 is 1.15 bits per heavy atom. The lowest BCUT2D eigenvalue weighted by Crippen LogP contribution is -2.30. The number of fused-ring (bicyclic) bond motifs is 3. The summed E-state index contributed by atoms with van der Waals surface area (Å²) >= 11 is 3.60. The van der Waals surface area contributed by atoms with Gasteiger partial charge in [0.1, 0.15) is 17.0 Å². The summed E-state index contributed by atoms with van der Waals surface area (Å²) in [6.07, 6.45) is 1.08. The van der Waals surface area contributed by atoms with Gasteiger partial charge in [-0.2, -0.15) is 0 Å². The first-order chi connectivity index (χ1) is 9.83. The number of amidine groups is 1. The first kappa shape index (κ1) is 12.0. The molecule has 2 heterocycles. The largest absolute Gasteiger partial charge is 0.455 e. The molecule has 0 bridgehead atoms. The van der Waals surface area contributed by atoms with E-state index in [0.29, 0.717) is 0 Å². The van der Waals surface area contributed by atoms with Gasteiger partial charge >= 0.3 is 0 Å². The van der Waals surface area contributed by atoms with Gasteiger partial charge in [-0.05, 0) is 24.6 Å². The van der Waals surface area contributed by atoms with Crippen LogP contribution in [-0.2, 0) is 0 Å². The lowest BCUT2D eigenvalue weighted by molar-refractivity contribution is 0.666. The van der Waals surface area contributed by atoms with E-state index in [1.807, 2.05) is 18.2 Å². The minimum atomic E-state index is 0.872. The zero-order chi connectivity index (χ0) is 13.5. The van der Waals surface area contributed by atoms with Gasteiger partial charge in [0, 0.05) is 28.3 Å². The van der Waals surface area contributed by atoms with Crippen molar-refractivity contribution in [2.24, 2.45) is 4.99 Å². The molecule has 100 valence electrons. The van der Waals surface area contributed by atoms with Gasteiger partial charge in [-0.25, -0.2) is 0 Å². The molecule has 0 amide bonds. The first-order valence-electron chi connectivity index (χ1n) is 6.72. The Hall–Kier alpha value is -1.81. The summed E-state index contributed by atoms with van der Waals surface area (Å²) in [5, 5.41) is 5.63. The Bertz CT molecular complexity index is 835. The van der Waals surface area contributed by atoms with Crippen LogP contribution in [0.2, 0.25) is 0 Å². The number of furan rings is 1. The standard InChI is InChI=1S/C16H13BrN2O/c17-10-8-12-11-4-1-2-5-14(11)20-15(12)13(9-10)16-18-6-3-7-19-16/h1-2,4-5,8-9H,3,6-7H2,(H,18,19). The highest BCUT2D eigenvalue weighted by atomic mass is 79.9. The second-order valence-electron chi connectivity index (χ2n) is 4.94. The summed E-state index contributed by atoms with van der Waals surface area (Å²) < 4.78 is 7.09. The van der Waals surface area contributed by atoms with Gasteiger partial charge in [0.15, 0.2) is 0 Å². The van der Waals surface area contributed by atoms with Crippen molar-refractivity contribution in [2.45, 2.75) is 6.42 Å². The lowest BCUT2D eigenvalue weighted by Gasteiger charge is -2.15. The Balaban J connectivity index is 2.07. The van der Waals surface area contributed by atoms with Gasteiger partial charge < -0.3 is 9.73 Å². The number of nitrogens with zero attached hydrogens (tertiary/aromatic N) is 1. The van der Waals surface area contributed by atoms with E-state index in [-0.39, 0.29) is 0 Å². The molecule has 0 saturated carbocycles. The van der Waals surface area contributed by atoms with E-state index in [9.17, 15) is 0 Å². The first-order valence-corrected chi connectivity index (χ1v) is 7.52. The molecule has 4 heteroatoms. The van der Waals surface area contributed by atoms with Crippen LogP contribution >= 0.6 is 15.9 Å². The van der Waals surface area contributed by atoms with Crippen LogP contribution in [0.4, 0.5) is 0 Å². The molecule has 0 spiro atoms. The Morgan fingerprint density at radius 3 is 2.90 bits per heavy atom. The number of halogens is 1. The average Bonchev–Trinajstić information content (AvgIpc) is 2.86. The second-order valence-corrected chi connectivity index (χ2v) is 5.85. The number of nitrogens with one attached hydrogen (secondary N) is 1. The van der Waals surface area contributed by atoms with Gasteiger partial charge in [-0.3, -0.25) is 4.99 Å². The van der Waals surface area contributed by atoms with Gasteiger partial charge in [0.2, 0.25) is 0 Å². The molecule has 0 aliphatic carbocycles. The smallest absolute Gasteiger partial charge is 0.146 e. The zero-order valence-corrected chi connectivity index (χ0v) is 12.4. The van der Waals surface area contributed by atoms with Gasteiger partial charge in [-0.1, -0.05) is 34.1 Å². The minimum absolute atomic E-state index is 0.872. The van der Waals surface area contributed by atoms with Crippen LogP contribution in [0, 0.1) is 0 Å². The third-order valence-corrected chi connectivity index (χ3v) is 4.05. The van der Waals surface area contributed by atoms with Crippen molar-refractivity contribution in [3.05, 3.63) is 46.4 Å². The van der Waals surface area contributed by atoms with Crippen LogP contribution in [0.25, 0.3) is 21.9 Å². The number of rotatable bonds is 1. The molecule has 1 aliphatic heterocycles. The van der Waals surface area contributed by atoms with E-state index < -0.39 is 0 Å². The third kappa shape index (κ3) is 1.83. The van der Waals surface area contributed by atoms with E-state index in [1.54, 1.807) is 0 Å². The molecular weight excluding hydrogens is 316 g/mol. The van der Waals surface area contributed by atoms with E-state index in [1.165, 1.54) is 0 Å². The van der Waals surface area contributed by atoms with Crippen LogP contribution in [0.5, 0.6) is 0 Å². The van der Waals surface area contributed by atoms with Crippen molar-refractivity contribution in [1.82, 2.24) is 5.32 Å². The zero-order valence-electron chi connectivity index (χ0n) is 10.8. The molecule has 0 atom stereocenters. The monoisotopic (exact) mass is 328 g/mol. The van der Waals surface area contributed by atoms with Gasteiger partial charge in [-0.15, -0.1) is 0 Å². The molecular formula is C16H13BrN2O. The maximum Gasteiger partial charge on any atom is 0.146 e. The highest BCUT2D eigenvalue weighted by Crippen LogP contribution is 2.33. The lowest BCUT2D eigenvalue weighted by atomic mass is 10.1. The fourth-order valence-electron chi connectivity index (χ4n) is 2.68. The van der Waals surface area contributed by atoms with E-state index in [0.717, 1.165) is 57.3 Å². The molecule has 2 aromatic carbocycles. The summed E-state index contributed by atoms with van der Waals surface area (Å²) in [5.41, 5.74) is 2.85. The second kappa shape index (κ2) is 4.63. The molecule has 0 saturated heterocycles. The number of para-hydroxylation sites is 1. The van der Waals surface area contributed by atoms with E-state index in [2.05, 4.69) is 44.4 Å². The van der Waals surface area contributed by atoms with E-state index >= 15 is 0 Å². The normalized spacial score (nSPS) is 15.3. The molecule has 1 N–H and O–H groups in total. The fourth-order valence-corrected chi connectivity index (χ4v) is 3.14. The number of benzene rings is 2. The van der Waals surface area contributed by atoms with Crippen molar-refractivity contribution in [3.63, 3.8) is 0 Å². The van der Waals surface area contributed by atoms with Crippen LogP contribution in [0.1, 0.15) is 12.0 Å². The van der Waals surface area contributed by atoms with Crippen molar-refractivity contribution in [3.8, 4) is 0 Å². The Morgan fingerprint density at radius 2 is 2.05 bits per heavy atom. The van der Waals surface area contributed by atoms with Crippen molar-refractivity contribution in [2.75, 3.05) is 13.1 Å². The van der Waals surface area contributed by atoms with Crippen molar-refractivity contribution in [1.29, 1.82) is 0 Å². The summed E-state index contributed by atoms with van der Waals surface area (Å²) in [4.78, 5) is 4.59. The maximum atomic E-state index is 6.05. The Kier molecular flexibility index (Phi) is 2.77. The molecule has 0 unspecified atom stereocenters. The number of hydrogen-bond acceptors (Lipinski definition) is 3. The highest BCUT2D eigenvalue weighted by Gasteiger charge is 2.16. The van der Waals surface area contributed by atoms with Crippen molar-refractivity contribution < 1.29 is 4.42 Å². The van der Waals surface area contributed by atoms with Crippen LogP contribution in [-0.4, -0.2) is 18.9 Å². The van der Waals surface area contributed by atoms with Crippen LogP contribution in [0.15, 0.2) is 50.3 Å². The topological polar surface area (TPSA) is 37.5 Å². The quantitative estimate of drug-likeness (QED) is 0.730. The SMILES string of the molecule is Brc1cc(C2=NCCCN2)c2oc3ccccc3c2c1. The predicted molar refractivity (Wildman–Crippen MR) is 85.4 cm³/mol. The molecule has 3 aromatic rings. The summed E-state index contributed by atoms with van der Waals surface area (Å²) in [6, 6.07) is 12.3. The molecule has 1 aromatic heterocycles. The van der Waals surface area contributed by atoms with Crippen LogP contribution < -0.4 is 5.32 Å². The van der Waals surface area contributed by atoms with E-state index in [4.69, 9.17) is 4.42 Å². The minimum Gasteiger partial charge on any atom is -0.455 e. The maximum absolute atomic E-state index is 6.05. The average molecular weight is 329 g/mol. The van der Waals surface area contributed by atoms with Gasteiger partial charge in [0.05, 0.1) is 5.56 Å². The molecule has 0 radical (unpaired) electrons. The van der Waals surface area contributed by atoms with Crippen LogP contribution in [0.3, 0.4) is 0 Å². The molecule has 20 heavy (non-hydrogen) atoms. The molecule has 4 rings (SSSR count). The third-order valence-electron chi connectivity index (χ3n) is 3.60. The van der Waals surface area contributed by atoms with Gasteiger partial charge in [0.25, 0.3) is 0 Å². The highest BCUT2D eigenvalue weighted by molar-refractivity contribution is 9.10.